The number of benzene rings is 1. The number of hydrogen-bond acceptors (Lipinski definition) is 3. The fraction of sp³-hybridized carbons (Fsp3) is 0.632. The zero-order chi connectivity index (χ0) is 16.7. The number of rotatable bonds is 8. The molecule has 0 spiro atoms. The zero-order valence-electron chi connectivity index (χ0n) is 14.9. The Labute approximate surface area is 152 Å². The molecule has 0 aliphatic carbocycles. The number of carbonyl (C=O) groups is 1. The van der Waals surface area contributed by atoms with E-state index < -0.39 is 0 Å². The lowest BCUT2D eigenvalue weighted by Gasteiger charge is -2.26. The molecule has 0 bridgehead atoms. The van der Waals surface area contributed by atoms with Crippen LogP contribution in [0.4, 0.5) is 0 Å². The average Bonchev–Trinajstić information content (AvgIpc) is 3.03. The van der Waals surface area contributed by atoms with E-state index in [-0.39, 0.29) is 30.5 Å². The molecule has 136 valence electrons. The quantitative estimate of drug-likeness (QED) is 0.780. The van der Waals surface area contributed by atoms with Crippen molar-refractivity contribution in [1.82, 2.24) is 4.90 Å². The number of ether oxygens (including phenoxy) is 1. The number of nitrogens with zero attached hydrogens (tertiary/aromatic N) is 1. The number of hydrogen-bond donors (Lipinski definition) is 1. The second kappa shape index (κ2) is 10.7. The third-order valence-corrected chi connectivity index (χ3v) is 4.41. The summed E-state index contributed by atoms with van der Waals surface area (Å²) in [5.41, 5.74) is 8.32. The van der Waals surface area contributed by atoms with Crippen molar-refractivity contribution in [3.8, 4) is 0 Å². The van der Waals surface area contributed by atoms with Gasteiger partial charge in [-0.2, -0.15) is 0 Å². The number of amides is 1. The summed E-state index contributed by atoms with van der Waals surface area (Å²) in [5, 5.41) is 0. The molecule has 0 radical (unpaired) electrons. The minimum Gasteiger partial charge on any atom is -0.376 e. The fourth-order valence-electron chi connectivity index (χ4n) is 2.88. The molecule has 2 unspecified atom stereocenters. The van der Waals surface area contributed by atoms with Crippen LogP contribution in [0.5, 0.6) is 0 Å². The van der Waals surface area contributed by atoms with Gasteiger partial charge >= 0.3 is 0 Å². The van der Waals surface area contributed by atoms with Gasteiger partial charge in [0.1, 0.15) is 0 Å². The summed E-state index contributed by atoms with van der Waals surface area (Å²) in [6.07, 6.45) is 4.51. The van der Waals surface area contributed by atoms with Gasteiger partial charge in [-0.25, -0.2) is 0 Å². The Balaban J connectivity index is 0.00000288. The van der Waals surface area contributed by atoms with Gasteiger partial charge in [-0.1, -0.05) is 29.8 Å². The van der Waals surface area contributed by atoms with Gasteiger partial charge in [0.05, 0.1) is 6.10 Å². The SMILES string of the molecule is Cc1ccc(CCN(CC2CCCO2)C(=O)CCC(C)N)cc1.Cl. The van der Waals surface area contributed by atoms with Crippen molar-refractivity contribution in [1.29, 1.82) is 0 Å². The van der Waals surface area contributed by atoms with Gasteiger partial charge in [-0.15, -0.1) is 12.4 Å². The van der Waals surface area contributed by atoms with Crippen molar-refractivity contribution >= 4 is 18.3 Å². The molecule has 1 aliphatic heterocycles. The van der Waals surface area contributed by atoms with Crippen molar-refractivity contribution in [3.63, 3.8) is 0 Å². The molecule has 2 N–H and O–H groups in total. The van der Waals surface area contributed by atoms with Crippen LogP contribution in [0.2, 0.25) is 0 Å². The molecule has 0 saturated carbocycles. The zero-order valence-corrected chi connectivity index (χ0v) is 15.7. The van der Waals surface area contributed by atoms with Gasteiger partial charge in [0.15, 0.2) is 0 Å². The first-order valence-electron chi connectivity index (χ1n) is 8.75. The van der Waals surface area contributed by atoms with Crippen molar-refractivity contribution < 1.29 is 9.53 Å². The second-order valence-electron chi connectivity index (χ2n) is 6.73. The lowest BCUT2D eigenvalue weighted by Crippen LogP contribution is -2.39. The highest BCUT2D eigenvalue weighted by molar-refractivity contribution is 5.85. The number of carbonyl (C=O) groups excluding carboxylic acids is 1. The summed E-state index contributed by atoms with van der Waals surface area (Å²) in [5.74, 6) is 0.199. The minimum atomic E-state index is 0. The maximum Gasteiger partial charge on any atom is 0.222 e. The maximum atomic E-state index is 12.5. The lowest BCUT2D eigenvalue weighted by atomic mass is 10.1. The fourth-order valence-corrected chi connectivity index (χ4v) is 2.88. The highest BCUT2D eigenvalue weighted by atomic mass is 35.5. The standard InChI is InChI=1S/C19H30N2O2.ClH/c1-15-5-8-17(9-6-15)11-12-21(14-18-4-3-13-23-18)19(22)10-7-16(2)20;/h5-6,8-9,16,18H,3-4,7,10-14,20H2,1-2H3;1H. The normalized spacial score (nSPS) is 18.0. The van der Waals surface area contributed by atoms with E-state index in [0.717, 1.165) is 38.8 Å². The predicted molar refractivity (Wildman–Crippen MR) is 101 cm³/mol. The van der Waals surface area contributed by atoms with E-state index in [2.05, 4.69) is 31.2 Å². The lowest BCUT2D eigenvalue weighted by molar-refractivity contribution is -0.132. The van der Waals surface area contributed by atoms with E-state index in [1.807, 2.05) is 11.8 Å². The first-order chi connectivity index (χ1) is 11.0. The molecule has 1 aliphatic rings. The van der Waals surface area contributed by atoms with E-state index in [4.69, 9.17) is 10.5 Å². The van der Waals surface area contributed by atoms with Crippen LogP contribution in [0.15, 0.2) is 24.3 Å². The second-order valence-corrected chi connectivity index (χ2v) is 6.73. The molecule has 4 nitrogen and oxygen atoms in total. The van der Waals surface area contributed by atoms with Crippen LogP contribution >= 0.6 is 12.4 Å². The van der Waals surface area contributed by atoms with E-state index in [1.54, 1.807) is 0 Å². The van der Waals surface area contributed by atoms with E-state index >= 15 is 0 Å². The molecule has 1 fully saturated rings. The van der Waals surface area contributed by atoms with Crippen LogP contribution in [0.3, 0.4) is 0 Å². The summed E-state index contributed by atoms with van der Waals surface area (Å²) in [7, 11) is 0. The van der Waals surface area contributed by atoms with Crippen molar-refractivity contribution in [2.75, 3.05) is 19.7 Å². The summed E-state index contributed by atoms with van der Waals surface area (Å²) in [6, 6.07) is 8.61. The van der Waals surface area contributed by atoms with Gasteiger partial charge in [-0.3, -0.25) is 4.79 Å². The van der Waals surface area contributed by atoms with Gasteiger partial charge in [-0.05, 0) is 45.1 Å². The number of nitrogens with two attached hydrogens (primary N) is 1. The molecule has 1 saturated heterocycles. The highest BCUT2D eigenvalue weighted by Crippen LogP contribution is 2.15. The molecule has 2 atom stereocenters. The van der Waals surface area contributed by atoms with Gasteiger partial charge in [0.2, 0.25) is 5.91 Å². The number of aryl methyl sites for hydroxylation is 1. The predicted octanol–water partition coefficient (Wildman–Crippen LogP) is 3.09. The summed E-state index contributed by atoms with van der Waals surface area (Å²) >= 11 is 0. The third kappa shape index (κ3) is 7.20. The van der Waals surface area contributed by atoms with Gasteiger partial charge < -0.3 is 15.4 Å². The van der Waals surface area contributed by atoms with Gasteiger partial charge in [0, 0.05) is 32.2 Å². The monoisotopic (exact) mass is 354 g/mol. The van der Waals surface area contributed by atoms with Crippen LogP contribution in [-0.2, 0) is 16.0 Å². The van der Waals surface area contributed by atoms with E-state index in [1.165, 1.54) is 11.1 Å². The van der Waals surface area contributed by atoms with Crippen molar-refractivity contribution in [3.05, 3.63) is 35.4 Å². The molecule has 1 heterocycles. The molecule has 24 heavy (non-hydrogen) atoms. The first kappa shape index (κ1) is 20.9. The Morgan fingerprint density at radius 1 is 1.38 bits per heavy atom. The topological polar surface area (TPSA) is 55.6 Å². The van der Waals surface area contributed by atoms with Crippen molar-refractivity contribution in [2.24, 2.45) is 5.73 Å². The van der Waals surface area contributed by atoms with E-state index in [0.29, 0.717) is 13.0 Å². The molecule has 1 aromatic rings. The minimum absolute atomic E-state index is 0. The largest absolute Gasteiger partial charge is 0.376 e. The molecular weight excluding hydrogens is 324 g/mol. The molecular formula is C19H31ClN2O2. The Bertz CT molecular complexity index is 485. The van der Waals surface area contributed by atoms with Crippen LogP contribution in [0.25, 0.3) is 0 Å². The first-order valence-corrected chi connectivity index (χ1v) is 8.75. The molecule has 5 heteroatoms. The molecule has 1 aromatic carbocycles. The van der Waals surface area contributed by atoms with Crippen molar-refractivity contribution in [2.45, 2.75) is 58.1 Å². The van der Waals surface area contributed by atoms with Crippen LogP contribution in [-0.4, -0.2) is 42.6 Å². The van der Waals surface area contributed by atoms with Crippen LogP contribution < -0.4 is 5.73 Å². The third-order valence-electron chi connectivity index (χ3n) is 4.41. The summed E-state index contributed by atoms with van der Waals surface area (Å²) in [6.45, 7) is 6.32. The van der Waals surface area contributed by atoms with Crippen LogP contribution in [0, 0.1) is 6.92 Å². The maximum absolute atomic E-state index is 12.5. The van der Waals surface area contributed by atoms with E-state index in [9.17, 15) is 4.79 Å². The summed E-state index contributed by atoms with van der Waals surface area (Å²) in [4.78, 5) is 14.5. The van der Waals surface area contributed by atoms with Crippen LogP contribution in [0.1, 0.15) is 43.7 Å². The molecule has 2 rings (SSSR count). The molecule has 0 aromatic heterocycles. The molecule has 1 amide bonds. The Kier molecular flexibility index (Phi) is 9.34. The Morgan fingerprint density at radius 3 is 2.67 bits per heavy atom. The van der Waals surface area contributed by atoms with Gasteiger partial charge in [0.25, 0.3) is 0 Å². The average molecular weight is 355 g/mol. The Hall–Kier alpha value is -1.10. The summed E-state index contributed by atoms with van der Waals surface area (Å²) < 4.78 is 5.71. The number of halogens is 1. The smallest absolute Gasteiger partial charge is 0.222 e. The Morgan fingerprint density at radius 2 is 2.08 bits per heavy atom. The highest BCUT2D eigenvalue weighted by Gasteiger charge is 2.22.